The molecule has 0 spiro atoms. The van der Waals surface area contributed by atoms with Crippen molar-refractivity contribution in [3.8, 4) is 5.88 Å². The summed E-state index contributed by atoms with van der Waals surface area (Å²) < 4.78 is 7.41. The lowest BCUT2D eigenvalue weighted by atomic mass is 9.84. The minimum Gasteiger partial charge on any atom is -0.480 e. The molecule has 6 nitrogen and oxygen atoms in total. The number of carbonyl (C=O) groups is 1. The quantitative estimate of drug-likeness (QED) is 0.858. The number of amides is 1. The molecule has 124 valence electrons. The van der Waals surface area contributed by atoms with E-state index in [-0.39, 0.29) is 11.9 Å². The van der Waals surface area contributed by atoms with Crippen molar-refractivity contribution >= 4 is 21.8 Å². The number of aromatic nitrogens is 2. The Labute approximate surface area is 140 Å². The number of rotatable bonds is 5. The molecular formula is C15H25BrN4O2. The molecule has 1 saturated carbocycles. The number of carbonyl (C=O) groups excluding carboxylic acids is 1. The molecule has 0 saturated heterocycles. The molecule has 2 rings (SSSR count). The number of methoxy groups -OCH3 is 1. The molecule has 1 aliphatic carbocycles. The van der Waals surface area contributed by atoms with Crippen LogP contribution in [0, 0.1) is 5.92 Å². The zero-order valence-corrected chi connectivity index (χ0v) is 15.3. The lowest BCUT2D eigenvalue weighted by molar-refractivity contribution is 0.0889. The molecule has 1 N–H and O–H groups in total. The Morgan fingerprint density at radius 3 is 2.73 bits per heavy atom. The van der Waals surface area contributed by atoms with E-state index in [1.54, 1.807) is 18.8 Å². The standard InChI is InChI=1S/C15H25BrN4O2/c1-19(2)9-10-7-5-6-8-11(10)17-14(21)13-12(16)15(22-4)20(3)18-13/h10-11H,5-9H2,1-4H3,(H,17,21). The van der Waals surface area contributed by atoms with Crippen LogP contribution in [-0.2, 0) is 7.05 Å². The average Bonchev–Trinajstić information content (AvgIpc) is 2.75. The first-order valence-electron chi connectivity index (χ1n) is 7.66. The fourth-order valence-corrected chi connectivity index (χ4v) is 3.85. The first-order valence-corrected chi connectivity index (χ1v) is 8.45. The van der Waals surface area contributed by atoms with E-state index in [1.165, 1.54) is 12.8 Å². The van der Waals surface area contributed by atoms with Crippen molar-refractivity contribution in [1.29, 1.82) is 0 Å². The molecule has 1 aromatic heterocycles. The third kappa shape index (κ3) is 3.81. The Hall–Kier alpha value is -1.08. The van der Waals surface area contributed by atoms with Crippen LogP contribution < -0.4 is 10.1 Å². The van der Waals surface area contributed by atoms with E-state index in [4.69, 9.17) is 4.74 Å². The highest BCUT2D eigenvalue weighted by Crippen LogP contribution is 2.29. The Morgan fingerprint density at radius 2 is 2.14 bits per heavy atom. The van der Waals surface area contributed by atoms with Gasteiger partial charge in [0.1, 0.15) is 4.47 Å². The molecule has 2 unspecified atom stereocenters. The van der Waals surface area contributed by atoms with Gasteiger partial charge in [-0.1, -0.05) is 12.8 Å². The maximum Gasteiger partial charge on any atom is 0.273 e. The summed E-state index contributed by atoms with van der Waals surface area (Å²) in [6, 6.07) is 0.212. The number of ether oxygens (including phenoxy) is 1. The lowest BCUT2D eigenvalue weighted by Gasteiger charge is -2.33. The summed E-state index contributed by atoms with van der Waals surface area (Å²) in [5, 5.41) is 7.42. The lowest BCUT2D eigenvalue weighted by Crippen LogP contribution is -2.45. The molecule has 0 aliphatic heterocycles. The summed E-state index contributed by atoms with van der Waals surface area (Å²) in [4.78, 5) is 14.7. The molecule has 1 amide bonds. The largest absolute Gasteiger partial charge is 0.480 e. The van der Waals surface area contributed by atoms with Gasteiger partial charge < -0.3 is 15.0 Å². The molecule has 7 heteroatoms. The average molecular weight is 373 g/mol. The third-order valence-electron chi connectivity index (χ3n) is 4.17. The molecular weight excluding hydrogens is 348 g/mol. The number of aryl methyl sites for hydroxylation is 1. The Bertz CT molecular complexity index is 530. The van der Waals surface area contributed by atoms with Gasteiger partial charge >= 0.3 is 0 Å². The van der Waals surface area contributed by atoms with Crippen LogP contribution in [-0.4, -0.2) is 54.4 Å². The molecule has 2 atom stereocenters. The number of nitrogens with one attached hydrogen (secondary N) is 1. The predicted molar refractivity (Wildman–Crippen MR) is 89.2 cm³/mol. The van der Waals surface area contributed by atoms with Crippen LogP contribution >= 0.6 is 15.9 Å². The SMILES string of the molecule is COc1c(Br)c(C(=O)NC2CCCCC2CN(C)C)nn1C. The first kappa shape index (κ1) is 17.3. The Balaban J connectivity index is 2.09. The van der Waals surface area contributed by atoms with Crippen LogP contribution in [0.25, 0.3) is 0 Å². The zero-order chi connectivity index (χ0) is 16.3. The van der Waals surface area contributed by atoms with Crippen LogP contribution in [0.2, 0.25) is 0 Å². The van der Waals surface area contributed by atoms with Gasteiger partial charge in [0, 0.05) is 19.6 Å². The summed E-state index contributed by atoms with van der Waals surface area (Å²) in [7, 11) is 7.48. The monoisotopic (exact) mass is 372 g/mol. The maximum absolute atomic E-state index is 12.6. The summed E-state index contributed by atoms with van der Waals surface area (Å²) >= 11 is 3.41. The van der Waals surface area contributed by atoms with Crippen molar-refractivity contribution in [1.82, 2.24) is 20.0 Å². The highest BCUT2D eigenvalue weighted by atomic mass is 79.9. The highest BCUT2D eigenvalue weighted by molar-refractivity contribution is 9.10. The summed E-state index contributed by atoms with van der Waals surface area (Å²) in [6.45, 7) is 0.998. The van der Waals surface area contributed by atoms with Crippen molar-refractivity contribution in [2.75, 3.05) is 27.7 Å². The van der Waals surface area contributed by atoms with E-state index >= 15 is 0 Å². The summed E-state index contributed by atoms with van der Waals surface area (Å²) in [5.74, 6) is 0.914. The second-order valence-corrected chi connectivity index (χ2v) is 6.98. The second kappa shape index (κ2) is 7.46. The molecule has 0 bridgehead atoms. The molecule has 0 radical (unpaired) electrons. The molecule has 1 aromatic rings. The van der Waals surface area contributed by atoms with Crippen LogP contribution in [0.5, 0.6) is 5.88 Å². The van der Waals surface area contributed by atoms with Crippen LogP contribution in [0.3, 0.4) is 0 Å². The van der Waals surface area contributed by atoms with Gasteiger partial charge in [0.15, 0.2) is 5.69 Å². The van der Waals surface area contributed by atoms with Gasteiger partial charge in [0.25, 0.3) is 5.91 Å². The third-order valence-corrected chi connectivity index (χ3v) is 4.89. The summed E-state index contributed by atoms with van der Waals surface area (Å²) in [5.41, 5.74) is 0.383. The van der Waals surface area contributed by atoms with Crippen LogP contribution in [0.15, 0.2) is 4.47 Å². The number of halogens is 1. The smallest absolute Gasteiger partial charge is 0.273 e. The fourth-order valence-electron chi connectivity index (χ4n) is 3.17. The van der Waals surface area contributed by atoms with Gasteiger partial charge in [-0.25, -0.2) is 4.68 Å². The van der Waals surface area contributed by atoms with Gasteiger partial charge in [-0.05, 0) is 48.8 Å². The van der Waals surface area contributed by atoms with Crippen LogP contribution in [0.1, 0.15) is 36.2 Å². The zero-order valence-electron chi connectivity index (χ0n) is 13.7. The van der Waals surface area contributed by atoms with Crippen molar-refractivity contribution in [2.24, 2.45) is 13.0 Å². The second-order valence-electron chi connectivity index (χ2n) is 6.18. The highest BCUT2D eigenvalue weighted by Gasteiger charge is 2.29. The van der Waals surface area contributed by atoms with E-state index in [9.17, 15) is 4.79 Å². The van der Waals surface area contributed by atoms with Gasteiger partial charge in [-0.2, -0.15) is 5.10 Å². The van der Waals surface area contributed by atoms with Gasteiger partial charge in [-0.3, -0.25) is 4.79 Å². The van der Waals surface area contributed by atoms with E-state index in [0.29, 0.717) is 22.0 Å². The van der Waals surface area contributed by atoms with Gasteiger partial charge in [-0.15, -0.1) is 0 Å². The van der Waals surface area contributed by atoms with E-state index in [2.05, 4.69) is 45.3 Å². The fraction of sp³-hybridized carbons (Fsp3) is 0.733. The van der Waals surface area contributed by atoms with Gasteiger partial charge in [0.05, 0.1) is 7.11 Å². The minimum atomic E-state index is -0.138. The molecule has 22 heavy (non-hydrogen) atoms. The van der Waals surface area contributed by atoms with Crippen molar-refractivity contribution in [3.05, 3.63) is 10.2 Å². The molecule has 1 aliphatic rings. The number of hydrogen-bond acceptors (Lipinski definition) is 4. The Kier molecular flexibility index (Phi) is 5.86. The van der Waals surface area contributed by atoms with E-state index in [1.807, 2.05) is 0 Å². The Morgan fingerprint density at radius 1 is 1.45 bits per heavy atom. The van der Waals surface area contributed by atoms with Crippen molar-refractivity contribution in [2.45, 2.75) is 31.7 Å². The van der Waals surface area contributed by atoms with Crippen molar-refractivity contribution < 1.29 is 9.53 Å². The van der Waals surface area contributed by atoms with Crippen LogP contribution in [0.4, 0.5) is 0 Å². The predicted octanol–water partition coefficient (Wildman–Crippen LogP) is 2.04. The van der Waals surface area contributed by atoms with Gasteiger partial charge in [0.2, 0.25) is 5.88 Å². The summed E-state index contributed by atoms with van der Waals surface area (Å²) in [6.07, 6.45) is 4.61. The first-order chi connectivity index (χ1) is 10.4. The van der Waals surface area contributed by atoms with Crippen molar-refractivity contribution in [3.63, 3.8) is 0 Å². The molecule has 1 heterocycles. The molecule has 0 aromatic carbocycles. The normalized spacial score (nSPS) is 21.9. The maximum atomic E-state index is 12.6. The molecule has 1 fully saturated rings. The van der Waals surface area contributed by atoms with E-state index < -0.39 is 0 Å². The topological polar surface area (TPSA) is 59.4 Å². The minimum absolute atomic E-state index is 0.138. The number of hydrogen-bond donors (Lipinski definition) is 1. The number of nitrogens with zero attached hydrogens (tertiary/aromatic N) is 3. The van der Waals surface area contributed by atoms with E-state index in [0.717, 1.165) is 19.4 Å².